The van der Waals surface area contributed by atoms with Crippen LogP contribution < -0.4 is 5.32 Å². The zero-order chi connectivity index (χ0) is 11.0. The SMILES string of the molecule is CC1=C(C#N)Sc2c(F)ccc(F)c2N1. The molecule has 1 aromatic rings. The topological polar surface area (TPSA) is 35.8 Å². The average molecular weight is 224 g/mol. The van der Waals surface area contributed by atoms with Gasteiger partial charge >= 0.3 is 0 Å². The molecule has 5 heteroatoms. The van der Waals surface area contributed by atoms with Crippen molar-refractivity contribution < 1.29 is 8.78 Å². The fourth-order valence-corrected chi connectivity index (χ4v) is 2.15. The van der Waals surface area contributed by atoms with E-state index in [4.69, 9.17) is 5.26 Å². The number of halogens is 2. The minimum absolute atomic E-state index is 0.108. The first-order valence-corrected chi connectivity index (χ1v) is 4.99. The molecule has 0 saturated carbocycles. The summed E-state index contributed by atoms with van der Waals surface area (Å²) in [5, 5.41) is 11.5. The predicted octanol–water partition coefficient (Wildman–Crippen LogP) is 3.24. The van der Waals surface area contributed by atoms with Gasteiger partial charge in [0.1, 0.15) is 22.6 Å². The number of fused-ring (bicyclic) bond motifs is 1. The van der Waals surface area contributed by atoms with Gasteiger partial charge in [0.05, 0.1) is 10.6 Å². The van der Waals surface area contributed by atoms with E-state index in [-0.39, 0.29) is 10.6 Å². The number of nitrogens with one attached hydrogen (secondary N) is 1. The number of benzene rings is 1. The summed E-state index contributed by atoms with van der Waals surface area (Å²) in [7, 11) is 0. The Hall–Kier alpha value is -1.54. The number of allylic oxidation sites excluding steroid dienone is 2. The van der Waals surface area contributed by atoms with Gasteiger partial charge in [0.2, 0.25) is 0 Å². The second-order valence-electron chi connectivity index (χ2n) is 3.03. The lowest BCUT2D eigenvalue weighted by Gasteiger charge is -2.19. The van der Waals surface area contributed by atoms with E-state index < -0.39 is 11.6 Å². The van der Waals surface area contributed by atoms with Gasteiger partial charge in [0, 0.05) is 5.70 Å². The highest BCUT2D eigenvalue weighted by atomic mass is 32.2. The van der Waals surface area contributed by atoms with Crippen molar-refractivity contribution in [3.63, 3.8) is 0 Å². The van der Waals surface area contributed by atoms with Crippen LogP contribution in [0.4, 0.5) is 14.5 Å². The standard InChI is InChI=1S/C10H6F2N2S/c1-5-8(4-13)15-10-7(12)3-2-6(11)9(10)14-5/h2-3,14H,1H3. The third-order valence-electron chi connectivity index (χ3n) is 2.02. The molecule has 1 aromatic carbocycles. The highest BCUT2D eigenvalue weighted by Crippen LogP contribution is 2.41. The van der Waals surface area contributed by atoms with Crippen molar-refractivity contribution >= 4 is 17.4 Å². The van der Waals surface area contributed by atoms with Crippen molar-refractivity contribution in [2.45, 2.75) is 11.8 Å². The van der Waals surface area contributed by atoms with Gasteiger partial charge in [-0.3, -0.25) is 0 Å². The summed E-state index contributed by atoms with van der Waals surface area (Å²) in [6.45, 7) is 1.65. The van der Waals surface area contributed by atoms with E-state index in [0.29, 0.717) is 10.6 Å². The third kappa shape index (κ3) is 1.57. The molecule has 0 atom stereocenters. The van der Waals surface area contributed by atoms with Gasteiger partial charge < -0.3 is 5.32 Å². The van der Waals surface area contributed by atoms with E-state index in [1.165, 1.54) is 0 Å². The van der Waals surface area contributed by atoms with E-state index in [9.17, 15) is 8.78 Å². The number of thioether (sulfide) groups is 1. The van der Waals surface area contributed by atoms with Crippen LogP contribution in [0.25, 0.3) is 0 Å². The van der Waals surface area contributed by atoms with E-state index in [0.717, 1.165) is 23.9 Å². The van der Waals surface area contributed by atoms with Crippen LogP contribution in [0, 0.1) is 23.0 Å². The molecule has 2 rings (SSSR count). The maximum absolute atomic E-state index is 13.3. The lowest BCUT2D eigenvalue weighted by molar-refractivity contribution is 0.580. The summed E-state index contributed by atoms with van der Waals surface area (Å²) in [5.74, 6) is -1.04. The molecule has 0 fully saturated rings. The van der Waals surface area contributed by atoms with Gasteiger partial charge in [0.15, 0.2) is 0 Å². The van der Waals surface area contributed by atoms with E-state index >= 15 is 0 Å². The highest BCUT2D eigenvalue weighted by molar-refractivity contribution is 8.03. The molecule has 0 spiro atoms. The highest BCUT2D eigenvalue weighted by Gasteiger charge is 2.22. The summed E-state index contributed by atoms with van der Waals surface area (Å²) in [6.07, 6.45) is 0. The molecule has 0 aromatic heterocycles. The normalized spacial score (nSPS) is 14.3. The molecule has 0 saturated heterocycles. The molecule has 0 aliphatic carbocycles. The Morgan fingerprint density at radius 3 is 2.67 bits per heavy atom. The summed E-state index contributed by atoms with van der Waals surface area (Å²) in [5.41, 5.74) is 0.649. The number of anilines is 1. The molecule has 15 heavy (non-hydrogen) atoms. The Balaban J connectivity index is 2.57. The van der Waals surface area contributed by atoms with Crippen LogP contribution in [-0.2, 0) is 0 Å². The summed E-state index contributed by atoms with van der Waals surface area (Å²) < 4.78 is 26.6. The van der Waals surface area contributed by atoms with Gasteiger partial charge in [-0.1, -0.05) is 11.8 Å². The first-order valence-electron chi connectivity index (χ1n) is 4.17. The first-order chi connectivity index (χ1) is 7.13. The van der Waals surface area contributed by atoms with Crippen LogP contribution in [0.1, 0.15) is 6.92 Å². The molecule has 76 valence electrons. The van der Waals surface area contributed by atoms with Crippen LogP contribution in [-0.4, -0.2) is 0 Å². The molecule has 0 bridgehead atoms. The van der Waals surface area contributed by atoms with Crippen LogP contribution in [0.2, 0.25) is 0 Å². The van der Waals surface area contributed by atoms with Gasteiger partial charge in [-0.2, -0.15) is 5.26 Å². The second-order valence-corrected chi connectivity index (χ2v) is 4.05. The zero-order valence-corrected chi connectivity index (χ0v) is 8.58. The summed E-state index contributed by atoms with van der Waals surface area (Å²) in [6, 6.07) is 4.05. The minimum Gasteiger partial charge on any atom is -0.354 e. The number of hydrogen-bond acceptors (Lipinski definition) is 3. The summed E-state index contributed by atoms with van der Waals surface area (Å²) in [4.78, 5) is 0.490. The Kier molecular flexibility index (Phi) is 2.37. The quantitative estimate of drug-likeness (QED) is 0.734. The van der Waals surface area contributed by atoms with Crippen molar-refractivity contribution in [1.29, 1.82) is 5.26 Å². The number of nitrogens with zero attached hydrogens (tertiary/aromatic N) is 1. The molecule has 0 unspecified atom stereocenters. The molecule has 0 amide bonds. The van der Waals surface area contributed by atoms with Crippen molar-refractivity contribution in [3.05, 3.63) is 34.4 Å². The Bertz CT molecular complexity index is 503. The smallest absolute Gasteiger partial charge is 0.148 e. The Morgan fingerprint density at radius 1 is 1.33 bits per heavy atom. The van der Waals surface area contributed by atoms with Crippen molar-refractivity contribution in [2.75, 3.05) is 5.32 Å². The van der Waals surface area contributed by atoms with Crippen LogP contribution >= 0.6 is 11.8 Å². The Labute approximate surface area is 89.6 Å². The maximum Gasteiger partial charge on any atom is 0.148 e. The molecule has 0 radical (unpaired) electrons. The molecule has 1 aliphatic rings. The molecule has 1 N–H and O–H groups in total. The summed E-state index contributed by atoms with van der Waals surface area (Å²) >= 11 is 0.947. The lowest BCUT2D eigenvalue weighted by Crippen LogP contribution is -2.07. The van der Waals surface area contributed by atoms with Gasteiger partial charge in [-0.05, 0) is 19.1 Å². The fourth-order valence-electron chi connectivity index (χ4n) is 1.28. The Morgan fingerprint density at radius 2 is 2.00 bits per heavy atom. The van der Waals surface area contributed by atoms with E-state index in [1.807, 2.05) is 6.07 Å². The number of rotatable bonds is 0. The van der Waals surface area contributed by atoms with E-state index in [2.05, 4.69) is 5.32 Å². The molecular weight excluding hydrogens is 218 g/mol. The van der Waals surface area contributed by atoms with Gasteiger partial charge in [-0.15, -0.1) is 0 Å². The first kappa shape index (κ1) is 9.99. The zero-order valence-electron chi connectivity index (χ0n) is 7.77. The van der Waals surface area contributed by atoms with Crippen molar-refractivity contribution in [3.8, 4) is 6.07 Å². The maximum atomic E-state index is 13.3. The van der Waals surface area contributed by atoms with Crippen LogP contribution in [0.5, 0.6) is 0 Å². The molecule has 1 heterocycles. The lowest BCUT2D eigenvalue weighted by atomic mass is 10.2. The van der Waals surface area contributed by atoms with Gasteiger partial charge in [-0.25, -0.2) is 8.78 Å². The monoisotopic (exact) mass is 224 g/mol. The van der Waals surface area contributed by atoms with Crippen molar-refractivity contribution in [2.24, 2.45) is 0 Å². The molecule has 2 nitrogen and oxygen atoms in total. The average Bonchev–Trinajstić information content (AvgIpc) is 2.23. The van der Waals surface area contributed by atoms with Gasteiger partial charge in [0.25, 0.3) is 0 Å². The fraction of sp³-hybridized carbons (Fsp3) is 0.100. The third-order valence-corrected chi connectivity index (χ3v) is 3.22. The second kappa shape index (κ2) is 3.55. The van der Waals surface area contributed by atoms with E-state index in [1.54, 1.807) is 6.92 Å². The molecule has 1 aliphatic heterocycles. The molecular formula is C10H6F2N2S. The number of hydrogen-bond donors (Lipinski definition) is 1. The van der Waals surface area contributed by atoms with Crippen LogP contribution in [0.15, 0.2) is 27.6 Å². The van der Waals surface area contributed by atoms with Crippen LogP contribution in [0.3, 0.4) is 0 Å². The largest absolute Gasteiger partial charge is 0.354 e. The van der Waals surface area contributed by atoms with Crippen molar-refractivity contribution in [1.82, 2.24) is 0 Å². The predicted molar refractivity (Wildman–Crippen MR) is 54.2 cm³/mol. The minimum atomic E-state index is -0.524. The number of nitriles is 1.